The second-order valence-corrected chi connectivity index (χ2v) is 5.44. The fraction of sp³-hybridized carbons (Fsp3) is 0.125. The van der Waals surface area contributed by atoms with Crippen LogP contribution in [-0.2, 0) is 0 Å². The molecule has 2 rings (SSSR count). The Labute approximate surface area is 148 Å². The van der Waals surface area contributed by atoms with Crippen LogP contribution in [0.1, 0.15) is 15.9 Å². The summed E-state index contributed by atoms with van der Waals surface area (Å²) in [5.41, 5.74) is 2.58. The third-order valence-electron chi connectivity index (χ3n) is 3.38. The van der Waals surface area contributed by atoms with Gasteiger partial charge in [-0.2, -0.15) is 5.10 Å². The van der Waals surface area contributed by atoms with Crippen molar-refractivity contribution in [1.29, 1.82) is 0 Å². The van der Waals surface area contributed by atoms with Gasteiger partial charge in [-0.1, -0.05) is 12.1 Å². The number of amides is 1. The quantitative estimate of drug-likeness (QED) is 0.479. The Kier molecular flexibility index (Phi) is 5.58. The number of nitrogens with one attached hydrogen (secondary N) is 1. The van der Waals surface area contributed by atoms with Crippen molar-refractivity contribution in [2.75, 3.05) is 19.0 Å². The molecule has 26 heavy (non-hydrogen) atoms. The Hall–Kier alpha value is -3.82. The van der Waals surface area contributed by atoms with E-state index in [4.69, 9.17) is 0 Å². The number of rotatable bonds is 6. The van der Waals surface area contributed by atoms with Gasteiger partial charge in [-0.15, -0.1) is 0 Å². The molecule has 0 aliphatic carbocycles. The van der Waals surface area contributed by atoms with E-state index in [1.807, 2.05) is 31.1 Å². The Morgan fingerprint density at radius 3 is 2.04 bits per heavy atom. The first-order chi connectivity index (χ1) is 12.3. The molecule has 0 unspecified atom stereocenters. The van der Waals surface area contributed by atoms with Crippen LogP contribution in [0.2, 0.25) is 0 Å². The van der Waals surface area contributed by atoms with Crippen LogP contribution < -0.4 is 10.3 Å². The van der Waals surface area contributed by atoms with Crippen LogP contribution in [0, 0.1) is 20.2 Å². The van der Waals surface area contributed by atoms with Gasteiger partial charge < -0.3 is 4.90 Å². The third kappa shape index (κ3) is 4.60. The van der Waals surface area contributed by atoms with Gasteiger partial charge in [0, 0.05) is 31.9 Å². The highest BCUT2D eigenvalue weighted by molar-refractivity contribution is 5.96. The molecule has 0 atom stereocenters. The first-order valence-electron chi connectivity index (χ1n) is 7.32. The number of nitrogens with zero attached hydrogens (tertiary/aromatic N) is 4. The molecule has 0 fully saturated rings. The first kappa shape index (κ1) is 18.5. The third-order valence-corrected chi connectivity index (χ3v) is 3.38. The second kappa shape index (κ2) is 7.83. The fourth-order valence-corrected chi connectivity index (χ4v) is 2.03. The highest BCUT2D eigenvalue weighted by Gasteiger charge is 2.19. The first-order valence-corrected chi connectivity index (χ1v) is 7.32. The number of hydrogen-bond acceptors (Lipinski definition) is 7. The maximum absolute atomic E-state index is 12.1. The Morgan fingerprint density at radius 1 is 1.04 bits per heavy atom. The summed E-state index contributed by atoms with van der Waals surface area (Å²) in [4.78, 5) is 34.1. The van der Waals surface area contributed by atoms with Crippen LogP contribution in [0.25, 0.3) is 0 Å². The summed E-state index contributed by atoms with van der Waals surface area (Å²) < 4.78 is 0. The van der Waals surface area contributed by atoms with Gasteiger partial charge in [0.15, 0.2) is 0 Å². The second-order valence-electron chi connectivity index (χ2n) is 5.44. The molecule has 1 N–H and O–H groups in total. The van der Waals surface area contributed by atoms with E-state index in [0.29, 0.717) is 0 Å². The normalized spacial score (nSPS) is 10.5. The minimum Gasteiger partial charge on any atom is -0.378 e. The van der Waals surface area contributed by atoms with Gasteiger partial charge in [0.25, 0.3) is 17.3 Å². The standard InChI is InChI=1S/C16H15N5O5/c1-19(2)13-5-3-11(4-6-13)10-17-18-16(22)12-7-14(20(23)24)9-15(8-12)21(25)26/h3-10H,1-2H3,(H,18,22). The van der Waals surface area contributed by atoms with Crippen molar-refractivity contribution in [1.82, 2.24) is 5.43 Å². The lowest BCUT2D eigenvalue weighted by Gasteiger charge is -2.11. The molecule has 0 spiro atoms. The average Bonchev–Trinajstić information content (AvgIpc) is 2.61. The summed E-state index contributed by atoms with van der Waals surface area (Å²) in [7, 11) is 3.81. The molecule has 0 saturated carbocycles. The molecule has 0 saturated heterocycles. The van der Waals surface area contributed by atoms with Gasteiger partial charge in [0.2, 0.25) is 0 Å². The van der Waals surface area contributed by atoms with Crippen molar-refractivity contribution in [3.63, 3.8) is 0 Å². The van der Waals surface area contributed by atoms with Gasteiger partial charge in [0.05, 0.1) is 27.7 Å². The van der Waals surface area contributed by atoms with Gasteiger partial charge >= 0.3 is 0 Å². The van der Waals surface area contributed by atoms with Crippen LogP contribution in [0.15, 0.2) is 47.6 Å². The van der Waals surface area contributed by atoms with E-state index < -0.39 is 27.1 Å². The van der Waals surface area contributed by atoms with E-state index >= 15 is 0 Å². The van der Waals surface area contributed by atoms with E-state index in [-0.39, 0.29) is 5.56 Å². The molecule has 10 heteroatoms. The van der Waals surface area contributed by atoms with E-state index in [2.05, 4.69) is 10.5 Å². The Balaban J connectivity index is 2.14. The summed E-state index contributed by atoms with van der Waals surface area (Å²) in [6.45, 7) is 0. The van der Waals surface area contributed by atoms with Crippen molar-refractivity contribution in [3.05, 3.63) is 73.8 Å². The lowest BCUT2D eigenvalue weighted by molar-refractivity contribution is -0.394. The van der Waals surface area contributed by atoms with Crippen molar-refractivity contribution in [3.8, 4) is 0 Å². The predicted octanol–water partition coefficient (Wildman–Crippen LogP) is 2.33. The molecular formula is C16H15N5O5. The molecule has 0 radical (unpaired) electrons. The highest BCUT2D eigenvalue weighted by atomic mass is 16.6. The maximum Gasteiger partial charge on any atom is 0.277 e. The zero-order chi connectivity index (χ0) is 19.3. The van der Waals surface area contributed by atoms with Crippen molar-refractivity contribution in [2.45, 2.75) is 0 Å². The van der Waals surface area contributed by atoms with Crippen molar-refractivity contribution < 1.29 is 14.6 Å². The number of carbonyl (C=O) groups excluding carboxylic acids is 1. The number of hydrogen-bond donors (Lipinski definition) is 1. The van der Waals surface area contributed by atoms with Crippen LogP contribution in [-0.4, -0.2) is 36.1 Å². The number of benzene rings is 2. The summed E-state index contributed by atoms with van der Waals surface area (Å²) >= 11 is 0. The lowest BCUT2D eigenvalue weighted by atomic mass is 10.1. The SMILES string of the molecule is CN(C)c1ccc(C=NNC(=O)c2cc([N+](=O)[O-])cc([N+](=O)[O-])c2)cc1. The summed E-state index contributed by atoms with van der Waals surface area (Å²) in [6, 6.07) is 10.0. The van der Waals surface area contributed by atoms with Gasteiger partial charge in [0.1, 0.15) is 0 Å². The van der Waals surface area contributed by atoms with Gasteiger partial charge in [-0.05, 0) is 17.7 Å². The molecule has 10 nitrogen and oxygen atoms in total. The average molecular weight is 357 g/mol. The molecule has 1 amide bonds. The van der Waals surface area contributed by atoms with Crippen molar-refractivity contribution in [2.24, 2.45) is 5.10 Å². The summed E-state index contributed by atoms with van der Waals surface area (Å²) in [5.74, 6) is -0.794. The molecule has 0 heterocycles. The number of non-ortho nitro benzene ring substituents is 2. The molecule has 0 aliphatic rings. The van der Waals surface area contributed by atoms with E-state index in [9.17, 15) is 25.0 Å². The largest absolute Gasteiger partial charge is 0.378 e. The molecular weight excluding hydrogens is 342 g/mol. The zero-order valence-corrected chi connectivity index (χ0v) is 13.9. The Morgan fingerprint density at radius 2 is 1.58 bits per heavy atom. The highest BCUT2D eigenvalue weighted by Crippen LogP contribution is 2.22. The number of hydrazone groups is 1. The number of anilines is 1. The van der Waals surface area contributed by atoms with E-state index in [1.165, 1.54) is 6.21 Å². The summed E-state index contributed by atoms with van der Waals surface area (Å²) in [5, 5.41) is 25.4. The van der Waals surface area contributed by atoms with Crippen molar-refractivity contribution >= 4 is 29.2 Å². The minimum atomic E-state index is -0.806. The molecule has 0 bridgehead atoms. The van der Waals surface area contributed by atoms with E-state index in [1.54, 1.807) is 12.1 Å². The maximum atomic E-state index is 12.1. The van der Waals surface area contributed by atoms with Gasteiger partial charge in [-0.3, -0.25) is 25.0 Å². The number of nitro groups is 2. The van der Waals surface area contributed by atoms with Crippen LogP contribution in [0.3, 0.4) is 0 Å². The van der Waals surface area contributed by atoms with Gasteiger partial charge in [-0.25, -0.2) is 5.43 Å². The molecule has 0 aromatic heterocycles. The smallest absolute Gasteiger partial charge is 0.277 e. The van der Waals surface area contributed by atoms with Crippen LogP contribution >= 0.6 is 0 Å². The fourth-order valence-electron chi connectivity index (χ4n) is 2.03. The Bertz CT molecular complexity index is 845. The zero-order valence-electron chi connectivity index (χ0n) is 13.9. The predicted molar refractivity (Wildman–Crippen MR) is 95.6 cm³/mol. The lowest BCUT2D eigenvalue weighted by Crippen LogP contribution is -2.18. The minimum absolute atomic E-state index is 0.231. The summed E-state index contributed by atoms with van der Waals surface area (Å²) in [6.07, 6.45) is 1.39. The van der Waals surface area contributed by atoms with E-state index in [0.717, 1.165) is 29.4 Å². The molecule has 0 aliphatic heterocycles. The van der Waals surface area contributed by atoms with Crippen LogP contribution in [0.5, 0.6) is 0 Å². The number of nitro benzene ring substituents is 2. The molecule has 2 aromatic carbocycles. The van der Waals surface area contributed by atoms with Crippen LogP contribution in [0.4, 0.5) is 17.1 Å². The topological polar surface area (TPSA) is 131 Å². The monoisotopic (exact) mass is 357 g/mol. The molecule has 2 aromatic rings. The molecule has 134 valence electrons. The number of carbonyl (C=O) groups is 1.